The summed E-state index contributed by atoms with van der Waals surface area (Å²) in [4.78, 5) is 28.5. The van der Waals surface area contributed by atoms with Gasteiger partial charge in [0.25, 0.3) is 5.91 Å². The minimum atomic E-state index is -0.108. The minimum Gasteiger partial charge on any atom is -0.357 e. The quantitative estimate of drug-likeness (QED) is 0.397. The number of hydrogen-bond donors (Lipinski definition) is 1. The predicted molar refractivity (Wildman–Crippen MR) is 146 cm³/mol. The second kappa shape index (κ2) is 10.8. The summed E-state index contributed by atoms with van der Waals surface area (Å²) in [7, 11) is 4.06. The topological polar surface area (TPSA) is 82.4 Å². The van der Waals surface area contributed by atoms with Gasteiger partial charge in [-0.2, -0.15) is 10.1 Å². The second-order valence-electron chi connectivity index (χ2n) is 9.31. The summed E-state index contributed by atoms with van der Waals surface area (Å²) < 4.78 is 1.86. The maximum absolute atomic E-state index is 13.5. The number of benzene rings is 2. The number of rotatable bonds is 8. The van der Waals surface area contributed by atoms with E-state index >= 15 is 0 Å². The van der Waals surface area contributed by atoms with Crippen molar-refractivity contribution < 1.29 is 4.79 Å². The van der Waals surface area contributed by atoms with Crippen molar-refractivity contribution in [2.45, 2.75) is 20.0 Å². The monoisotopic (exact) mass is 496 g/mol. The van der Waals surface area contributed by atoms with E-state index in [1.165, 1.54) is 5.56 Å². The molecule has 2 aromatic heterocycles. The van der Waals surface area contributed by atoms with Gasteiger partial charge in [0.05, 0.1) is 11.9 Å². The molecule has 0 aliphatic carbocycles. The van der Waals surface area contributed by atoms with Gasteiger partial charge in [0.1, 0.15) is 11.4 Å². The molecule has 0 radical (unpaired) electrons. The van der Waals surface area contributed by atoms with Crippen molar-refractivity contribution in [3.63, 3.8) is 0 Å². The SMILES string of the molecule is CCNc1ncc2c(n1)N(C)CCN(c1cccc(-n3cc(CN(C)Cc4ccccc4)cn3)c1)C2=O. The first-order valence-electron chi connectivity index (χ1n) is 12.5. The highest BCUT2D eigenvalue weighted by Gasteiger charge is 2.28. The van der Waals surface area contributed by atoms with E-state index in [1.54, 1.807) is 11.1 Å². The maximum atomic E-state index is 13.5. The van der Waals surface area contributed by atoms with Crippen LogP contribution in [-0.4, -0.2) is 64.3 Å². The van der Waals surface area contributed by atoms with E-state index in [0.717, 1.165) is 30.0 Å². The molecule has 0 saturated heterocycles. The zero-order valence-corrected chi connectivity index (χ0v) is 21.5. The molecule has 190 valence electrons. The summed E-state index contributed by atoms with van der Waals surface area (Å²) in [6, 6.07) is 18.4. The molecule has 0 unspecified atom stereocenters. The van der Waals surface area contributed by atoms with Crippen LogP contribution in [0.2, 0.25) is 0 Å². The van der Waals surface area contributed by atoms with Crippen molar-refractivity contribution in [3.8, 4) is 5.69 Å². The Morgan fingerprint density at radius 3 is 2.57 bits per heavy atom. The van der Waals surface area contributed by atoms with Crippen molar-refractivity contribution in [1.29, 1.82) is 0 Å². The van der Waals surface area contributed by atoms with E-state index in [4.69, 9.17) is 0 Å². The molecule has 37 heavy (non-hydrogen) atoms. The fourth-order valence-corrected chi connectivity index (χ4v) is 4.56. The van der Waals surface area contributed by atoms with Crippen LogP contribution in [0.1, 0.15) is 28.4 Å². The third-order valence-electron chi connectivity index (χ3n) is 6.39. The predicted octanol–water partition coefficient (Wildman–Crippen LogP) is 3.82. The lowest BCUT2D eigenvalue weighted by Gasteiger charge is -2.21. The normalized spacial score (nSPS) is 13.6. The third kappa shape index (κ3) is 5.46. The molecule has 1 aliphatic rings. The van der Waals surface area contributed by atoms with Crippen LogP contribution in [0.15, 0.2) is 73.2 Å². The Balaban J connectivity index is 1.34. The van der Waals surface area contributed by atoms with E-state index in [0.29, 0.717) is 37.0 Å². The summed E-state index contributed by atoms with van der Waals surface area (Å²) in [6.07, 6.45) is 5.56. The van der Waals surface area contributed by atoms with Crippen molar-refractivity contribution >= 4 is 23.4 Å². The second-order valence-corrected chi connectivity index (χ2v) is 9.31. The smallest absolute Gasteiger partial charge is 0.263 e. The van der Waals surface area contributed by atoms with Gasteiger partial charge in [0.2, 0.25) is 5.95 Å². The van der Waals surface area contributed by atoms with Gasteiger partial charge in [-0.05, 0) is 37.7 Å². The van der Waals surface area contributed by atoms with Crippen LogP contribution in [0.25, 0.3) is 5.69 Å². The Kier molecular flexibility index (Phi) is 7.14. The zero-order chi connectivity index (χ0) is 25.8. The van der Waals surface area contributed by atoms with Gasteiger partial charge >= 0.3 is 0 Å². The maximum Gasteiger partial charge on any atom is 0.263 e. The van der Waals surface area contributed by atoms with E-state index in [-0.39, 0.29) is 5.91 Å². The molecule has 5 rings (SSSR count). The van der Waals surface area contributed by atoms with Crippen molar-refractivity contribution in [2.75, 3.05) is 48.8 Å². The molecule has 0 bridgehead atoms. The van der Waals surface area contributed by atoms with E-state index in [1.807, 2.05) is 66.3 Å². The van der Waals surface area contributed by atoms with E-state index in [2.05, 4.69) is 56.6 Å². The fourth-order valence-electron chi connectivity index (χ4n) is 4.56. The first-order chi connectivity index (χ1) is 18.0. The van der Waals surface area contributed by atoms with Crippen molar-refractivity contribution in [1.82, 2.24) is 24.6 Å². The molecule has 1 aliphatic heterocycles. The van der Waals surface area contributed by atoms with Crippen LogP contribution in [0, 0.1) is 0 Å². The van der Waals surface area contributed by atoms with Crippen molar-refractivity contribution in [3.05, 3.63) is 89.9 Å². The van der Waals surface area contributed by atoms with Gasteiger partial charge in [0.15, 0.2) is 0 Å². The molecule has 0 saturated carbocycles. The minimum absolute atomic E-state index is 0.108. The molecule has 9 heteroatoms. The number of fused-ring (bicyclic) bond motifs is 1. The highest BCUT2D eigenvalue weighted by atomic mass is 16.2. The van der Waals surface area contributed by atoms with Crippen LogP contribution in [0.4, 0.5) is 17.5 Å². The Bertz CT molecular complexity index is 1370. The zero-order valence-electron chi connectivity index (χ0n) is 21.5. The van der Waals surface area contributed by atoms with E-state index in [9.17, 15) is 4.79 Å². The number of amides is 1. The largest absolute Gasteiger partial charge is 0.357 e. The van der Waals surface area contributed by atoms with Gasteiger partial charge in [-0.3, -0.25) is 9.69 Å². The summed E-state index contributed by atoms with van der Waals surface area (Å²) in [5, 5.41) is 7.72. The Morgan fingerprint density at radius 2 is 1.76 bits per heavy atom. The number of anilines is 3. The highest BCUT2D eigenvalue weighted by Crippen LogP contribution is 2.27. The molecule has 9 nitrogen and oxygen atoms in total. The molecular weight excluding hydrogens is 464 g/mol. The van der Waals surface area contributed by atoms with Crippen LogP contribution >= 0.6 is 0 Å². The average Bonchev–Trinajstić information content (AvgIpc) is 3.33. The number of likely N-dealkylation sites (N-methyl/N-ethyl adjacent to an activating group) is 1. The summed E-state index contributed by atoms with van der Waals surface area (Å²) in [5.41, 5.74) is 4.62. The standard InChI is InChI=1S/C28H32N8O/c1-4-29-28-30-17-25-26(32-28)34(3)13-14-35(27(25)37)23-11-8-12-24(15-23)36-20-22(16-31-36)19-33(2)18-21-9-6-5-7-10-21/h5-12,15-17,20H,4,13-14,18-19H2,1-3H3,(H,29,30,32). The van der Waals surface area contributed by atoms with Crippen LogP contribution in [0.3, 0.4) is 0 Å². The summed E-state index contributed by atoms with van der Waals surface area (Å²) >= 11 is 0. The fraction of sp³-hybridized carbons (Fsp3) is 0.286. The molecule has 0 fully saturated rings. The molecule has 2 aromatic carbocycles. The lowest BCUT2D eigenvalue weighted by Crippen LogP contribution is -2.33. The molecule has 3 heterocycles. The third-order valence-corrected chi connectivity index (χ3v) is 6.39. The molecular formula is C28H32N8O. The van der Waals surface area contributed by atoms with Crippen LogP contribution < -0.4 is 15.1 Å². The van der Waals surface area contributed by atoms with Crippen LogP contribution in [-0.2, 0) is 13.1 Å². The lowest BCUT2D eigenvalue weighted by molar-refractivity contribution is 0.0989. The van der Waals surface area contributed by atoms with Gasteiger partial charge in [-0.25, -0.2) is 9.67 Å². The molecule has 4 aromatic rings. The number of nitrogens with one attached hydrogen (secondary N) is 1. The molecule has 1 amide bonds. The summed E-state index contributed by atoms with van der Waals surface area (Å²) in [6.45, 7) is 5.56. The number of carbonyl (C=O) groups excluding carboxylic acids is 1. The molecule has 0 spiro atoms. The van der Waals surface area contributed by atoms with Gasteiger partial charge in [-0.15, -0.1) is 0 Å². The van der Waals surface area contributed by atoms with Gasteiger partial charge in [-0.1, -0.05) is 36.4 Å². The number of carbonyl (C=O) groups is 1. The number of aromatic nitrogens is 4. The number of hydrogen-bond acceptors (Lipinski definition) is 7. The Morgan fingerprint density at radius 1 is 0.973 bits per heavy atom. The van der Waals surface area contributed by atoms with Gasteiger partial charge in [0, 0.05) is 63.4 Å². The Hall–Kier alpha value is -4.24. The first kappa shape index (κ1) is 24.5. The molecule has 1 N–H and O–H groups in total. The lowest BCUT2D eigenvalue weighted by atomic mass is 10.2. The highest BCUT2D eigenvalue weighted by molar-refractivity contribution is 6.09. The van der Waals surface area contributed by atoms with E-state index < -0.39 is 0 Å². The van der Waals surface area contributed by atoms with Crippen LogP contribution in [0.5, 0.6) is 0 Å². The van der Waals surface area contributed by atoms with Crippen molar-refractivity contribution in [2.24, 2.45) is 0 Å². The van der Waals surface area contributed by atoms with Gasteiger partial charge < -0.3 is 15.1 Å². The first-order valence-corrected chi connectivity index (χ1v) is 12.5. The number of nitrogens with zero attached hydrogens (tertiary/aromatic N) is 7. The summed E-state index contributed by atoms with van der Waals surface area (Å²) in [5.74, 6) is 1.06. The molecule has 0 atom stereocenters. The Labute approximate surface area is 217 Å². The average molecular weight is 497 g/mol.